The summed E-state index contributed by atoms with van der Waals surface area (Å²) in [5, 5.41) is 15.5. The Balaban J connectivity index is 2.31. The van der Waals surface area contributed by atoms with Crippen LogP contribution in [0.4, 0.5) is 5.69 Å². The summed E-state index contributed by atoms with van der Waals surface area (Å²) in [6.07, 6.45) is 2.17. The van der Waals surface area contributed by atoms with Crippen LogP contribution in [0.15, 0.2) is 30.5 Å². The lowest BCUT2D eigenvalue weighted by Crippen LogP contribution is -2.16. The van der Waals surface area contributed by atoms with Crippen molar-refractivity contribution in [2.24, 2.45) is 7.05 Å². The van der Waals surface area contributed by atoms with Crippen molar-refractivity contribution in [3.8, 4) is 0 Å². The van der Waals surface area contributed by atoms with Crippen molar-refractivity contribution in [1.29, 1.82) is 0 Å². The standard InChI is InChI=1S/C14H15N3O3/c1-3-9-6-4-5-7-11(9)15-13(18)10-8-17(2)16-12(10)14(19)20/h4-8H,3H2,1-2H3,(H,15,18)(H,19,20). The molecule has 0 saturated heterocycles. The average Bonchev–Trinajstić information content (AvgIpc) is 2.82. The number of para-hydroxylation sites is 1. The maximum atomic E-state index is 12.2. The summed E-state index contributed by atoms with van der Waals surface area (Å²) in [5.74, 6) is -1.70. The zero-order chi connectivity index (χ0) is 14.7. The molecule has 0 aliphatic heterocycles. The largest absolute Gasteiger partial charge is 0.476 e. The van der Waals surface area contributed by atoms with Crippen molar-refractivity contribution >= 4 is 17.6 Å². The van der Waals surface area contributed by atoms with Gasteiger partial charge in [0.15, 0.2) is 5.69 Å². The highest BCUT2D eigenvalue weighted by Gasteiger charge is 2.21. The van der Waals surface area contributed by atoms with E-state index >= 15 is 0 Å². The molecule has 2 aromatic rings. The van der Waals surface area contributed by atoms with E-state index in [9.17, 15) is 9.59 Å². The fraction of sp³-hybridized carbons (Fsp3) is 0.214. The number of carboxylic acid groups (broad SMARTS) is 1. The van der Waals surface area contributed by atoms with Gasteiger partial charge in [0, 0.05) is 18.9 Å². The Morgan fingerprint density at radius 2 is 2.05 bits per heavy atom. The van der Waals surface area contributed by atoms with Crippen LogP contribution >= 0.6 is 0 Å². The number of aryl methyl sites for hydroxylation is 2. The van der Waals surface area contributed by atoms with Crippen molar-refractivity contribution in [3.63, 3.8) is 0 Å². The van der Waals surface area contributed by atoms with Gasteiger partial charge in [-0.3, -0.25) is 9.48 Å². The summed E-state index contributed by atoms with van der Waals surface area (Å²) >= 11 is 0. The van der Waals surface area contributed by atoms with Crippen LogP contribution in [-0.2, 0) is 13.5 Å². The average molecular weight is 273 g/mol. The summed E-state index contributed by atoms with van der Waals surface area (Å²) in [5.41, 5.74) is 1.46. The topological polar surface area (TPSA) is 84.2 Å². The molecule has 0 unspecified atom stereocenters. The number of benzene rings is 1. The molecule has 0 spiro atoms. The summed E-state index contributed by atoms with van der Waals surface area (Å²) in [6, 6.07) is 7.40. The molecule has 0 fully saturated rings. The third kappa shape index (κ3) is 2.69. The number of hydrogen-bond acceptors (Lipinski definition) is 3. The van der Waals surface area contributed by atoms with E-state index in [0.29, 0.717) is 5.69 Å². The number of anilines is 1. The molecule has 0 saturated carbocycles. The number of nitrogens with one attached hydrogen (secondary N) is 1. The van der Waals surface area contributed by atoms with E-state index in [4.69, 9.17) is 5.11 Å². The van der Waals surface area contributed by atoms with Crippen LogP contribution < -0.4 is 5.32 Å². The molecule has 1 heterocycles. The van der Waals surface area contributed by atoms with Crippen molar-refractivity contribution in [1.82, 2.24) is 9.78 Å². The van der Waals surface area contributed by atoms with Gasteiger partial charge in [-0.2, -0.15) is 5.10 Å². The van der Waals surface area contributed by atoms with Gasteiger partial charge in [-0.15, -0.1) is 0 Å². The summed E-state index contributed by atoms with van der Waals surface area (Å²) < 4.78 is 1.31. The van der Waals surface area contributed by atoms with Gasteiger partial charge in [0.1, 0.15) is 0 Å². The molecular weight excluding hydrogens is 258 g/mol. The fourth-order valence-electron chi connectivity index (χ4n) is 1.95. The SMILES string of the molecule is CCc1ccccc1NC(=O)c1cn(C)nc1C(=O)O. The molecule has 2 N–H and O–H groups in total. The van der Waals surface area contributed by atoms with Crippen LogP contribution in [0.3, 0.4) is 0 Å². The molecular formula is C14H15N3O3. The molecule has 0 atom stereocenters. The lowest BCUT2D eigenvalue weighted by atomic mass is 10.1. The minimum absolute atomic E-state index is 0.0471. The van der Waals surface area contributed by atoms with E-state index in [2.05, 4.69) is 10.4 Å². The van der Waals surface area contributed by atoms with E-state index in [-0.39, 0.29) is 11.3 Å². The molecule has 6 nitrogen and oxygen atoms in total. The van der Waals surface area contributed by atoms with Crippen molar-refractivity contribution < 1.29 is 14.7 Å². The van der Waals surface area contributed by atoms with Gasteiger partial charge in [-0.25, -0.2) is 4.79 Å². The van der Waals surface area contributed by atoms with Crippen molar-refractivity contribution in [2.45, 2.75) is 13.3 Å². The number of carboxylic acids is 1. The fourth-order valence-corrected chi connectivity index (χ4v) is 1.95. The molecule has 6 heteroatoms. The highest BCUT2D eigenvalue weighted by atomic mass is 16.4. The number of carbonyl (C=O) groups is 2. The van der Waals surface area contributed by atoms with Crippen LogP contribution in [0.2, 0.25) is 0 Å². The molecule has 2 rings (SSSR count). The molecule has 0 aliphatic rings. The second kappa shape index (κ2) is 5.56. The lowest BCUT2D eigenvalue weighted by molar-refractivity contribution is 0.0685. The van der Waals surface area contributed by atoms with Gasteiger partial charge >= 0.3 is 5.97 Å². The molecule has 0 radical (unpaired) electrons. The van der Waals surface area contributed by atoms with Gasteiger partial charge in [-0.05, 0) is 18.1 Å². The van der Waals surface area contributed by atoms with Crippen LogP contribution in [0.5, 0.6) is 0 Å². The highest BCUT2D eigenvalue weighted by molar-refractivity contribution is 6.10. The molecule has 1 aromatic carbocycles. The molecule has 104 valence electrons. The Bertz CT molecular complexity index is 661. The molecule has 0 aliphatic carbocycles. The maximum Gasteiger partial charge on any atom is 0.357 e. The van der Waals surface area contributed by atoms with Gasteiger partial charge < -0.3 is 10.4 Å². The monoisotopic (exact) mass is 273 g/mol. The van der Waals surface area contributed by atoms with Gasteiger partial charge in [0.2, 0.25) is 0 Å². The third-order valence-electron chi connectivity index (χ3n) is 2.92. The van der Waals surface area contributed by atoms with Crippen LogP contribution in [0, 0.1) is 0 Å². The van der Waals surface area contributed by atoms with Crippen molar-refractivity contribution in [3.05, 3.63) is 47.3 Å². The molecule has 1 aromatic heterocycles. The second-order valence-corrected chi connectivity index (χ2v) is 4.34. The third-order valence-corrected chi connectivity index (χ3v) is 2.92. The first-order chi connectivity index (χ1) is 9.52. The zero-order valence-corrected chi connectivity index (χ0v) is 11.3. The predicted octanol–water partition coefficient (Wildman–Crippen LogP) is 1.93. The second-order valence-electron chi connectivity index (χ2n) is 4.34. The van der Waals surface area contributed by atoms with Crippen LogP contribution in [0.1, 0.15) is 33.3 Å². The lowest BCUT2D eigenvalue weighted by Gasteiger charge is -2.08. The predicted molar refractivity (Wildman–Crippen MR) is 73.9 cm³/mol. The first-order valence-corrected chi connectivity index (χ1v) is 6.19. The Morgan fingerprint density at radius 1 is 1.35 bits per heavy atom. The van der Waals surface area contributed by atoms with E-state index < -0.39 is 11.9 Å². The van der Waals surface area contributed by atoms with Gasteiger partial charge in [0.05, 0.1) is 5.56 Å². The highest BCUT2D eigenvalue weighted by Crippen LogP contribution is 2.17. The first kappa shape index (κ1) is 13.8. The van der Waals surface area contributed by atoms with Gasteiger partial charge in [-0.1, -0.05) is 25.1 Å². The van der Waals surface area contributed by atoms with Crippen LogP contribution in [0.25, 0.3) is 0 Å². The maximum absolute atomic E-state index is 12.2. The van der Waals surface area contributed by atoms with E-state index in [1.807, 2.05) is 25.1 Å². The summed E-state index contributed by atoms with van der Waals surface area (Å²) in [4.78, 5) is 23.3. The van der Waals surface area contributed by atoms with E-state index in [1.165, 1.54) is 10.9 Å². The smallest absolute Gasteiger partial charge is 0.357 e. The minimum atomic E-state index is -1.22. The number of hydrogen-bond donors (Lipinski definition) is 2. The quantitative estimate of drug-likeness (QED) is 0.891. The Morgan fingerprint density at radius 3 is 2.70 bits per heavy atom. The molecule has 1 amide bonds. The Labute approximate surface area is 116 Å². The first-order valence-electron chi connectivity index (χ1n) is 6.19. The number of nitrogens with zero attached hydrogens (tertiary/aromatic N) is 2. The Hall–Kier alpha value is -2.63. The van der Waals surface area contributed by atoms with Gasteiger partial charge in [0.25, 0.3) is 5.91 Å². The summed E-state index contributed by atoms with van der Waals surface area (Å²) in [7, 11) is 1.57. The number of amides is 1. The van der Waals surface area contributed by atoms with Crippen LogP contribution in [-0.4, -0.2) is 26.8 Å². The minimum Gasteiger partial charge on any atom is -0.476 e. The zero-order valence-electron chi connectivity index (χ0n) is 11.3. The number of carbonyl (C=O) groups excluding carboxylic acids is 1. The summed E-state index contributed by atoms with van der Waals surface area (Å²) in [6.45, 7) is 1.98. The number of aromatic carboxylic acids is 1. The molecule has 0 bridgehead atoms. The van der Waals surface area contributed by atoms with Crippen molar-refractivity contribution in [2.75, 3.05) is 5.32 Å². The molecule has 20 heavy (non-hydrogen) atoms. The normalized spacial score (nSPS) is 10.3. The van der Waals surface area contributed by atoms with E-state index in [1.54, 1.807) is 13.1 Å². The van der Waals surface area contributed by atoms with E-state index in [0.717, 1.165) is 12.0 Å². The number of rotatable bonds is 4. The number of aromatic nitrogens is 2. The Kier molecular flexibility index (Phi) is 3.84.